The molecule has 0 amide bonds. The monoisotopic (exact) mass is 175 g/mol. The summed E-state index contributed by atoms with van der Waals surface area (Å²) in [6.07, 6.45) is 3.47. The highest BCUT2D eigenvalue weighted by Crippen LogP contribution is 1.60. The Morgan fingerprint density at radius 1 is 1.50 bits per heavy atom. The molecule has 0 bridgehead atoms. The fraction of sp³-hybridized carbons (Fsp3) is 0.250. The highest BCUT2D eigenvalue weighted by Gasteiger charge is 1.81. The minimum atomic E-state index is 0. The molecule has 0 atom stereocenters. The predicted octanol–water partition coefficient (Wildman–Crippen LogP) is -3.69. The Hall–Kier alpha value is -0.510. The van der Waals surface area contributed by atoms with Crippen molar-refractivity contribution in [2.45, 2.75) is 0 Å². The summed E-state index contributed by atoms with van der Waals surface area (Å²) in [6, 6.07) is 1.83. The van der Waals surface area contributed by atoms with E-state index in [9.17, 15) is 0 Å². The van der Waals surface area contributed by atoms with E-state index in [0.29, 0.717) is 0 Å². The summed E-state index contributed by atoms with van der Waals surface area (Å²) in [6.45, 7) is 0. The van der Waals surface area contributed by atoms with Crippen molar-refractivity contribution in [2.24, 2.45) is 7.05 Å². The van der Waals surface area contributed by atoms with Gasteiger partial charge in [-0.2, -0.15) is 0 Å². The zero-order valence-corrected chi connectivity index (χ0v) is 6.04. The third-order valence-electron chi connectivity index (χ3n) is 0.647. The summed E-state index contributed by atoms with van der Waals surface area (Å²) < 4.78 is 1.64. The summed E-state index contributed by atoms with van der Waals surface area (Å²) in [5, 5.41) is 7.24. The summed E-state index contributed by atoms with van der Waals surface area (Å²) >= 11 is 0. The maximum atomic E-state index is 3.65. The van der Waals surface area contributed by atoms with Gasteiger partial charge in [0.2, 0.25) is 0 Å². The highest BCUT2D eigenvalue weighted by molar-refractivity contribution is 4.65. The van der Waals surface area contributed by atoms with Crippen molar-refractivity contribution < 1.29 is 21.7 Å². The Bertz CT molecular complexity index is 141. The van der Waals surface area contributed by atoms with Crippen LogP contribution in [0, 0.1) is 0 Å². The normalized spacial score (nSPS) is 7.62. The lowest BCUT2D eigenvalue weighted by Gasteiger charge is -1.74. The summed E-state index contributed by atoms with van der Waals surface area (Å²) in [5.74, 6) is 0. The molecule has 0 fully saturated rings. The van der Waals surface area contributed by atoms with Gasteiger partial charge in [-0.3, -0.25) is 0 Å². The third-order valence-corrected chi connectivity index (χ3v) is 0.647. The van der Waals surface area contributed by atoms with Gasteiger partial charge in [-0.1, -0.05) is 0 Å². The van der Waals surface area contributed by atoms with Gasteiger partial charge in [-0.25, -0.2) is 0 Å². The fourth-order valence-corrected chi connectivity index (χ4v) is 0.343. The fourth-order valence-electron chi connectivity index (χ4n) is 0.343. The highest BCUT2D eigenvalue weighted by atomic mass is 79.9. The topological polar surface area (TPSA) is 29.7 Å². The molecule has 1 heterocycles. The van der Waals surface area contributed by atoms with E-state index in [1.165, 1.54) is 0 Å². The molecule has 1 aromatic heterocycles. The molecule has 44 valence electrons. The molecule has 3 nitrogen and oxygen atoms in total. The van der Waals surface area contributed by atoms with Crippen LogP contribution in [0.25, 0.3) is 0 Å². The van der Waals surface area contributed by atoms with Crippen LogP contribution in [-0.2, 0) is 7.05 Å². The van der Waals surface area contributed by atoms with E-state index in [1.54, 1.807) is 10.9 Å². The van der Waals surface area contributed by atoms with Crippen LogP contribution in [0.3, 0.4) is 0 Å². The number of hydrogen-bond acceptors (Lipinski definition) is 2. The number of nitrogens with zero attached hydrogens (tertiary/aromatic N) is 3. The molecule has 0 saturated heterocycles. The molecular weight excluding hydrogens is 170 g/mol. The average molecular weight is 176 g/mol. The van der Waals surface area contributed by atoms with Crippen molar-refractivity contribution in [3.05, 3.63) is 18.5 Å². The first-order chi connectivity index (χ1) is 3.39. The van der Waals surface area contributed by atoms with Gasteiger partial charge in [-0.05, 0) is 0 Å². The molecule has 0 N–H and O–H groups in total. The van der Waals surface area contributed by atoms with Crippen molar-refractivity contribution >= 4 is 0 Å². The second-order valence-electron chi connectivity index (χ2n) is 1.27. The lowest BCUT2D eigenvalue weighted by Crippen LogP contribution is -3.00. The molecule has 4 heteroatoms. The van der Waals surface area contributed by atoms with E-state index in [2.05, 4.69) is 10.3 Å². The second kappa shape index (κ2) is 3.49. The molecule has 0 radical (unpaired) electrons. The summed E-state index contributed by atoms with van der Waals surface area (Å²) in [7, 11) is 1.83. The number of aryl methyl sites for hydroxylation is 1. The van der Waals surface area contributed by atoms with Crippen LogP contribution in [0.4, 0.5) is 0 Å². The quantitative estimate of drug-likeness (QED) is 0.381. The lowest BCUT2D eigenvalue weighted by atomic mass is 10.7. The van der Waals surface area contributed by atoms with Crippen molar-refractivity contribution in [2.75, 3.05) is 0 Å². The minimum absolute atomic E-state index is 0. The summed E-state index contributed by atoms with van der Waals surface area (Å²) in [4.78, 5) is 0. The molecule has 1 rings (SSSR count). The Morgan fingerprint density at radius 2 is 2.25 bits per heavy atom. The predicted molar refractivity (Wildman–Crippen MR) is 23.2 cm³/mol. The molecule has 0 aromatic carbocycles. The molecule has 0 aliphatic carbocycles. The first kappa shape index (κ1) is 7.49. The zero-order chi connectivity index (χ0) is 5.11. The van der Waals surface area contributed by atoms with Crippen LogP contribution in [0.15, 0.2) is 18.5 Å². The van der Waals surface area contributed by atoms with Gasteiger partial charge in [0, 0.05) is 6.07 Å². The summed E-state index contributed by atoms with van der Waals surface area (Å²) in [5.41, 5.74) is 0. The van der Waals surface area contributed by atoms with Crippen LogP contribution < -0.4 is 21.7 Å². The molecule has 0 spiro atoms. The Labute approximate surface area is 58.1 Å². The molecule has 0 unspecified atom stereocenters. The number of aromatic nitrogens is 3. The first-order valence-electron chi connectivity index (χ1n) is 2.03. The maximum absolute atomic E-state index is 3.65. The lowest BCUT2D eigenvalue weighted by molar-refractivity contribution is -0.736. The van der Waals surface area contributed by atoms with E-state index >= 15 is 0 Å². The molecule has 8 heavy (non-hydrogen) atoms. The van der Waals surface area contributed by atoms with Crippen molar-refractivity contribution in [1.29, 1.82) is 0 Å². The van der Waals surface area contributed by atoms with E-state index in [0.717, 1.165) is 0 Å². The third kappa shape index (κ3) is 1.97. The number of hydrogen-bond donors (Lipinski definition) is 0. The minimum Gasteiger partial charge on any atom is -1.00 e. The molecular formula is C4H6BrN3. The van der Waals surface area contributed by atoms with Gasteiger partial charge < -0.3 is 17.0 Å². The van der Waals surface area contributed by atoms with Crippen LogP contribution in [0.1, 0.15) is 0 Å². The van der Waals surface area contributed by atoms with Crippen molar-refractivity contribution in [1.82, 2.24) is 10.3 Å². The SMILES string of the molecule is C[n+]1cccnn1.[Br-]. The zero-order valence-electron chi connectivity index (χ0n) is 4.45. The van der Waals surface area contributed by atoms with E-state index in [-0.39, 0.29) is 17.0 Å². The Morgan fingerprint density at radius 3 is 2.50 bits per heavy atom. The Kier molecular flexibility index (Phi) is 3.26. The van der Waals surface area contributed by atoms with E-state index < -0.39 is 0 Å². The second-order valence-corrected chi connectivity index (χ2v) is 1.27. The van der Waals surface area contributed by atoms with Gasteiger partial charge in [0.15, 0.2) is 6.20 Å². The van der Waals surface area contributed by atoms with Gasteiger partial charge >= 0.3 is 0 Å². The van der Waals surface area contributed by atoms with Crippen LogP contribution >= 0.6 is 0 Å². The molecule has 0 aliphatic rings. The van der Waals surface area contributed by atoms with Crippen LogP contribution in [0.2, 0.25) is 0 Å². The smallest absolute Gasteiger partial charge is 0.171 e. The van der Waals surface area contributed by atoms with E-state index in [1.807, 2.05) is 19.3 Å². The van der Waals surface area contributed by atoms with Gasteiger partial charge in [0.25, 0.3) is 0 Å². The number of halogens is 1. The molecule has 0 aliphatic heterocycles. The van der Waals surface area contributed by atoms with Gasteiger partial charge in [0.1, 0.15) is 18.5 Å². The standard InChI is InChI=1S/C4H6N3.BrH/c1-7-4-2-3-5-6-7;/h2-4H,1H3;1H/q+1;/p-1. The number of rotatable bonds is 0. The van der Waals surface area contributed by atoms with Crippen molar-refractivity contribution in [3.63, 3.8) is 0 Å². The van der Waals surface area contributed by atoms with E-state index in [4.69, 9.17) is 0 Å². The molecule has 0 saturated carbocycles. The van der Waals surface area contributed by atoms with Gasteiger partial charge in [-0.15, -0.1) is 4.68 Å². The van der Waals surface area contributed by atoms with Crippen molar-refractivity contribution in [3.8, 4) is 0 Å². The largest absolute Gasteiger partial charge is 1.00 e. The first-order valence-corrected chi connectivity index (χ1v) is 2.03. The Balaban J connectivity index is 0.000000490. The average Bonchev–Trinajstić information content (AvgIpc) is 1.69. The van der Waals surface area contributed by atoms with Gasteiger partial charge in [0.05, 0.1) is 5.10 Å². The van der Waals surface area contributed by atoms with Crippen LogP contribution in [-0.4, -0.2) is 10.3 Å². The maximum Gasteiger partial charge on any atom is 0.171 e. The van der Waals surface area contributed by atoms with Crippen LogP contribution in [0.5, 0.6) is 0 Å². The molecule has 1 aromatic rings.